The molecular formula is C7H13NO3. The molecule has 0 radical (unpaired) electrons. The first-order valence-electron chi connectivity index (χ1n) is 3.67. The standard InChI is InChI=1S/C7H13NO3/c1-5-7(8,2-3-11-5)4-6(9)10/h5H,2-4,8H2,1H3,(H,9,10). The third-order valence-corrected chi connectivity index (χ3v) is 2.23. The topological polar surface area (TPSA) is 72.5 Å². The minimum absolute atomic E-state index is 0.00579. The lowest BCUT2D eigenvalue weighted by molar-refractivity contribution is -0.138. The van der Waals surface area contributed by atoms with Gasteiger partial charge in [0.1, 0.15) is 0 Å². The summed E-state index contributed by atoms with van der Waals surface area (Å²) in [6.45, 7) is 2.39. The van der Waals surface area contributed by atoms with Crippen LogP contribution < -0.4 is 5.73 Å². The Kier molecular flexibility index (Phi) is 2.15. The predicted molar refractivity (Wildman–Crippen MR) is 39.2 cm³/mol. The maximum absolute atomic E-state index is 10.4. The van der Waals surface area contributed by atoms with E-state index in [1.54, 1.807) is 0 Å². The van der Waals surface area contributed by atoms with Crippen LogP contribution in [0.15, 0.2) is 0 Å². The van der Waals surface area contributed by atoms with Crippen LogP contribution >= 0.6 is 0 Å². The van der Waals surface area contributed by atoms with Crippen LogP contribution in [0.2, 0.25) is 0 Å². The normalized spacial score (nSPS) is 37.5. The Hall–Kier alpha value is -0.610. The number of nitrogens with two attached hydrogens (primary N) is 1. The number of carbonyl (C=O) groups is 1. The van der Waals surface area contributed by atoms with E-state index < -0.39 is 11.5 Å². The molecule has 1 rings (SSSR count). The van der Waals surface area contributed by atoms with Crippen LogP contribution in [0.25, 0.3) is 0 Å². The summed E-state index contributed by atoms with van der Waals surface area (Å²) in [6.07, 6.45) is 0.493. The molecule has 0 aliphatic carbocycles. The van der Waals surface area contributed by atoms with Gasteiger partial charge in [-0.15, -0.1) is 0 Å². The highest BCUT2D eigenvalue weighted by Gasteiger charge is 2.39. The first-order valence-corrected chi connectivity index (χ1v) is 3.67. The van der Waals surface area contributed by atoms with Gasteiger partial charge in [0.2, 0.25) is 0 Å². The summed E-state index contributed by atoms with van der Waals surface area (Å²) < 4.78 is 5.18. The summed E-state index contributed by atoms with van der Waals surface area (Å²) in [5, 5.41) is 8.52. The summed E-state index contributed by atoms with van der Waals surface area (Å²) in [7, 11) is 0. The monoisotopic (exact) mass is 159 g/mol. The van der Waals surface area contributed by atoms with Gasteiger partial charge in [-0.05, 0) is 13.3 Å². The second kappa shape index (κ2) is 2.79. The van der Waals surface area contributed by atoms with E-state index in [1.165, 1.54) is 0 Å². The second-order valence-corrected chi connectivity index (χ2v) is 3.07. The van der Waals surface area contributed by atoms with Gasteiger partial charge in [0, 0.05) is 6.61 Å². The first kappa shape index (κ1) is 8.49. The molecule has 4 nitrogen and oxygen atoms in total. The van der Waals surface area contributed by atoms with Crippen molar-refractivity contribution in [2.24, 2.45) is 5.73 Å². The number of hydrogen-bond acceptors (Lipinski definition) is 3. The van der Waals surface area contributed by atoms with E-state index in [4.69, 9.17) is 15.6 Å². The fraction of sp³-hybridized carbons (Fsp3) is 0.857. The molecule has 0 amide bonds. The quantitative estimate of drug-likeness (QED) is 0.593. The number of hydrogen-bond donors (Lipinski definition) is 2. The molecule has 4 heteroatoms. The fourth-order valence-corrected chi connectivity index (χ4v) is 1.31. The van der Waals surface area contributed by atoms with Crippen LogP contribution in [0.3, 0.4) is 0 Å². The van der Waals surface area contributed by atoms with Gasteiger partial charge in [0.25, 0.3) is 0 Å². The van der Waals surface area contributed by atoms with Gasteiger partial charge in [-0.25, -0.2) is 0 Å². The van der Waals surface area contributed by atoms with Gasteiger partial charge in [0.05, 0.1) is 18.1 Å². The molecule has 0 saturated carbocycles. The highest BCUT2D eigenvalue weighted by Crippen LogP contribution is 2.25. The summed E-state index contributed by atoms with van der Waals surface area (Å²) in [5.41, 5.74) is 5.15. The SMILES string of the molecule is CC1OCCC1(N)CC(=O)O. The molecule has 0 aromatic carbocycles. The molecule has 1 heterocycles. The molecular weight excluding hydrogens is 146 g/mol. The maximum atomic E-state index is 10.4. The van der Waals surface area contributed by atoms with Gasteiger partial charge in [0.15, 0.2) is 0 Å². The minimum atomic E-state index is -0.857. The van der Waals surface area contributed by atoms with E-state index in [9.17, 15) is 4.79 Å². The van der Waals surface area contributed by atoms with Gasteiger partial charge in [-0.1, -0.05) is 0 Å². The van der Waals surface area contributed by atoms with Gasteiger partial charge >= 0.3 is 5.97 Å². The van der Waals surface area contributed by atoms with Crippen LogP contribution in [-0.2, 0) is 9.53 Å². The molecule has 1 aliphatic rings. The first-order chi connectivity index (χ1) is 5.04. The van der Waals surface area contributed by atoms with E-state index >= 15 is 0 Å². The number of rotatable bonds is 2. The summed E-state index contributed by atoms with van der Waals surface area (Å²) in [4.78, 5) is 10.4. The van der Waals surface area contributed by atoms with Gasteiger partial charge in [-0.3, -0.25) is 4.79 Å². The van der Waals surface area contributed by atoms with Crippen molar-refractivity contribution in [2.75, 3.05) is 6.61 Å². The average molecular weight is 159 g/mol. The molecule has 3 N–H and O–H groups in total. The largest absolute Gasteiger partial charge is 0.481 e. The molecule has 2 atom stereocenters. The lowest BCUT2D eigenvalue weighted by Crippen LogP contribution is -2.47. The second-order valence-electron chi connectivity index (χ2n) is 3.07. The summed E-state index contributed by atoms with van der Waals surface area (Å²) in [6, 6.07) is 0. The Labute approximate surface area is 65.3 Å². The Morgan fingerprint density at radius 2 is 2.55 bits per heavy atom. The predicted octanol–water partition coefficient (Wildman–Crippen LogP) is -0.0326. The van der Waals surface area contributed by atoms with Crippen molar-refractivity contribution < 1.29 is 14.6 Å². The van der Waals surface area contributed by atoms with Crippen molar-refractivity contribution in [3.05, 3.63) is 0 Å². The Morgan fingerprint density at radius 1 is 1.91 bits per heavy atom. The lowest BCUT2D eigenvalue weighted by Gasteiger charge is -2.24. The third-order valence-electron chi connectivity index (χ3n) is 2.23. The van der Waals surface area contributed by atoms with Crippen molar-refractivity contribution >= 4 is 5.97 Å². The Morgan fingerprint density at radius 3 is 2.91 bits per heavy atom. The Bertz CT molecular complexity index is 171. The van der Waals surface area contributed by atoms with E-state index in [-0.39, 0.29) is 12.5 Å². The number of ether oxygens (including phenoxy) is 1. The fourth-order valence-electron chi connectivity index (χ4n) is 1.31. The number of carboxylic acid groups (broad SMARTS) is 1. The molecule has 11 heavy (non-hydrogen) atoms. The van der Waals surface area contributed by atoms with Crippen molar-refractivity contribution in [3.8, 4) is 0 Å². The molecule has 2 unspecified atom stereocenters. The minimum Gasteiger partial charge on any atom is -0.481 e. The zero-order chi connectivity index (χ0) is 8.48. The third kappa shape index (κ3) is 1.70. The lowest BCUT2D eigenvalue weighted by atomic mass is 9.90. The zero-order valence-electron chi connectivity index (χ0n) is 6.54. The zero-order valence-corrected chi connectivity index (χ0v) is 6.54. The van der Waals surface area contributed by atoms with Crippen molar-refractivity contribution in [2.45, 2.75) is 31.4 Å². The Balaban J connectivity index is 2.58. The van der Waals surface area contributed by atoms with Crippen LogP contribution in [0.4, 0.5) is 0 Å². The van der Waals surface area contributed by atoms with E-state index in [0.717, 1.165) is 0 Å². The smallest absolute Gasteiger partial charge is 0.305 e. The van der Waals surface area contributed by atoms with Crippen LogP contribution in [0.5, 0.6) is 0 Å². The van der Waals surface area contributed by atoms with Gasteiger partial charge < -0.3 is 15.6 Å². The molecule has 1 fully saturated rings. The van der Waals surface area contributed by atoms with E-state index in [2.05, 4.69) is 0 Å². The molecule has 0 spiro atoms. The van der Waals surface area contributed by atoms with Crippen LogP contribution in [-0.4, -0.2) is 29.3 Å². The summed E-state index contributed by atoms with van der Waals surface area (Å²) >= 11 is 0. The molecule has 1 aliphatic heterocycles. The van der Waals surface area contributed by atoms with Crippen molar-refractivity contribution in [1.29, 1.82) is 0 Å². The highest BCUT2D eigenvalue weighted by molar-refractivity contribution is 5.68. The van der Waals surface area contributed by atoms with Crippen LogP contribution in [0, 0.1) is 0 Å². The molecule has 0 aromatic heterocycles. The van der Waals surface area contributed by atoms with Crippen molar-refractivity contribution in [3.63, 3.8) is 0 Å². The molecule has 0 aromatic rings. The van der Waals surface area contributed by atoms with Crippen LogP contribution in [0.1, 0.15) is 19.8 Å². The van der Waals surface area contributed by atoms with Gasteiger partial charge in [-0.2, -0.15) is 0 Å². The number of aliphatic carboxylic acids is 1. The van der Waals surface area contributed by atoms with Crippen molar-refractivity contribution in [1.82, 2.24) is 0 Å². The molecule has 64 valence electrons. The van der Waals surface area contributed by atoms with E-state index in [1.807, 2.05) is 6.92 Å². The maximum Gasteiger partial charge on any atom is 0.305 e. The summed E-state index contributed by atoms with van der Waals surface area (Å²) in [5.74, 6) is -0.857. The number of carboxylic acids is 1. The molecule has 1 saturated heterocycles. The average Bonchev–Trinajstić information content (AvgIpc) is 2.11. The molecule has 0 bridgehead atoms. The van der Waals surface area contributed by atoms with E-state index in [0.29, 0.717) is 13.0 Å². The highest BCUT2D eigenvalue weighted by atomic mass is 16.5.